The molecule has 1 heterocycles. The van der Waals surface area contributed by atoms with Crippen molar-refractivity contribution < 1.29 is 9.47 Å². The zero-order chi connectivity index (χ0) is 21.6. The SMILES string of the molecule is CCc1ccccc1OCCCn1c(-c2ccc(OC)cc2)nc2ccccc2c1=O. The molecule has 31 heavy (non-hydrogen) atoms. The number of hydrogen-bond donors (Lipinski definition) is 0. The van der Waals surface area contributed by atoms with Crippen LogP contribution < -0.4 is 15.0 Å². The quantitative estimate of drug-likeness (QED) is 0.376. The molecular weight excluding hydrogens is 388 g/mol. The van der Waals surface area contributed by atoms with E-state index in [9.17, 15) is 4.79 Å². The maximum absolute atomic E-state index is 13.3. The fourth-order valence-electron chi connectivity index (χ4n) is 3.68. The molecule has 0 atom stereocenters. The van der Waals surface area contributed by atoms with E-state index in [0.29, 0.717) is 36.3 Å². The third-order valence-electron chi connectivity index (χ3n) is 5.35. The van der Waals surface area contributed by atoms with E-state index >= 15 is 0 Å². The summed E-state index contributed by atoms with van der Waals surface area (Å²) < 4.78 is 13.0. The first kappa shape index (κ1) is 20.7. The smallest absolute Gasteiger partial charge is 0.261 e. The predicted molar refractivity (Wildman–Crippen MR) is 124 cm³/mol. The summed E-state index contributed by atoms with van der Waals surface area (Å²) in [5.74, 6) is 2.33. The second-order valence-corrected chi connectivity index (χ2v) is 7.30. The normalized spacial score (nSPS) is 10.9. The molecule has 5 nitrogen and oxygen atoms in total. The van der Waals surface area contributed by atoms with Gasteiger partial charge in [-0.25, -0.2) is 4.98 Å². The number of methoxy groups -OCH3 is 1. The van der Waals surface area contributed by atoms with E-state index < -0.39 is 0 Å². The molecule has 0 bridgehead atoms. The number of para-hydroxylation sites is 2. The molecule has 0 unspecified atom stereocenters. The van der Waals surface area contributed by atoms with Crippen LogP contribution in [0.3, 0.4) is 0 Å². The number of benzene rings is 3. The Hall–Kier alpha value is -3.60. The van der Waals surface area contributed by atoms with Crippen LogP contribution >= 0.6 is 0 Å². The highest BCUT2D eigenvalue weighted by molar-refractivity contribution is 5.79. The summed E-state index contributed by atoms with van der Waals surface area (Å²) in [4.78, 5) is 18.1. The molecule has 158 valence electrons. The highest BCUT2D eigenvalue weighted by Gasteiger charge is 2.13. The van der Waals surface area contributed by atoms with Crippen molar-refractivity contribution in [2.75, 3.05) is 13.7 Å². The summed E-state index contributed by atoms with van der Waals surface area (Å²) in [6, 6.07) is 23.2. The molecule has 0 aliphatic heterocycles. The average molecular weight is 415 g/mol. The van der Waals surface area contributed by atoms with E-state index in [2.05, 4.69) is 13.0 Å². The second-order valence-electron chi connectivity index (χ2n) is 7.30. The molecule has 5 heteroatoms. The number of fused-ring (bicyclic) bond motifs is 1. The Labute approximate surface area is 181 Å². The van der Waals surface area contributed by atoms with Gasteiger partial charge in [0, 0.05) is 12.1 Å². The summed E-state index contributed by atoms with van der Waals surface area (Å²) in [7, 11) is 1.63. The molecule has 0 aliphatic carbocycles. The lowest BCUT2D eigenvalue weighted by Gasteiger charge is -2.15. The molecule has 0 saturated heterocycles. The van der Waals surface area contributed by atoms with Crippen LogP contribution in [0.2, 0.25) is 0 Å². The Balaban J connectivity index is 1.62. The number of ether oxygens (including phenoxy) is 2. The molecule has 0 radical (unpaired) electrons. The third-order valence-corrected chi connectivity index (χ3v) is 5.35. The van der Waals surface area contributed by atoms with Gasteiger partial charge in [0.15, 0.2) is 0 Å². The van der Waals surface area contributed by atoms with Gasteiger partial charge in [0.25, 0.3) is 5.56 Å². The van der Waals surface area contributed by atoms with Gasteiger partial charge in [0.1, 0.15) is 17.3 Å². The van der Waals surface area contributed by atoms with Gasteiger partial charge < -0.3 is 9.47 Å². The molecule has 0 aliphatic rings. The number of nitrogens with zero attached hydrogens (tertiary/aromatic N) is 2. The van der Waals surface area contributed by atoms with Crippen LogP contribution in [0.15, 0.2) is 77.6 Å². The Bertz CT molecular complexity index is 1230. The zero-order valence-electron chi connectivity index (χ0n) is 17.9. The zero-order valence-corrected chi connectivity index (χ0v) is 17.9. The van der Waals surface area contributed by atoms with E-state index in [1.54, 1.807) is 11.7 Å². The topological polar surface area (TPSA) is 53.4 Å². The van der Waals surface area contributed by atoms with Crippen molar-refractivity contribution in [2.45, 2.75) is 26.3 Å². The number of hydrogen-bond acceptors (Lipinski definition) is 4. The largest absolute Gasteiger partial charge is 0.497 e. The van der Waals surface area contributed by atoms with Gasteiger partial charge >= 0.3 is 0 Å². The van der Waals surface area contributed by atoms with Crippen molar-refractivity contribution in [3.63, 3.8) is 0 Å². The van der Waals surface area contributed by atoms with E-state index in [-0.39, 0.29) is 5.56 Å². The minimum Gasteiger partial charge on any atom is -0.497 e. The van der Waals surface area contributed by atoms with E-state index in [4.69, 9.17) is 14.5 Å². The molecule has 0 N–H and O–H groups in total. The van der Waals surface area contributed by atoms with Crippen molar-refractivity contribution in [3.05, 3.63) is 88.7 Å². The van der Waals surface area contributed by atoms with E-state index in [1.807, 2.05) is 66.7 Å². The molecule has 0 fully saturated rings. The number of rotatable bonds is 8. The summed E-state index contributed by atoms with van der Waals surface area (Å²) in [6.45, 7) is 3.16. The number of aromatic nitrogens is 2. The monoisotopic (exact) mass is 414 g/mol. The maximum Gasteiger partial charge on any atom is 0.261 e. The van der Waals surface area contributed by atoms with Crippen LogP contribution in [-0.2, 0) is 13.0 Å². The van der Waals surface area contributed by atoms with E-state index in [1.165, 1.54) is 5.56 Å². The summed E-state index contributed by atoms with van der Waals surface area (Å²) in [5.41, 5.74) is 2.72. The van der Waals surface area contributed by atoms with Gasteiger partial charge in [-0.2, -0.15) is 0 Å². The molecule has 0 spiro atoms. The summed E-state index contributed by atoms with van der Waals surface area (Å²) in [6.07, 6.45) is 1.62. The highest BCUT2D eigenvalue weighted by atomic mass is 16.5. The van der Waals surface area contributed by atoms with Gasteiger partial charge in [-0.3, -0.25) is 9.36 Å². The van der Waals surface area contributed by atoms with Gasteiger partial charge in [0.05, 0.1) is 24.6 Å². The van der Waals surface area contributed by atoms with E-state index in [0.717, 1.165) is 23.5 Å². The maximum atomic E-state index is 13.3. The van der Waals surface area contributed by atoms with Crippen LogP contribution in [0.4, 0.5) is 0 Å². The molecule has 3 aromatic carbocycles. The minimum atomic E-state index is -0.0367. The standard InChI is InChI=1S/C26H26N2O3/c1-3-19-9-4-7-12-24(19)31-18-8-17-28-25(20-13-15-21(30-2)16-14-20)27-23-11-6-5-10-22(23)26(28)29/h4-7,9-16H,3,8,17-18H2,1-2H3. The van der Waals surface area contributed by atoms with Crippen LogP contribution in [0.25, 0.3) is 22.3 Å². The van der Waals surface area contributed by atoms with Gasteiger partial charge in [-0.1, -0.05) is 37.3 Å². The van der Waals surface area contributed by atoms with Crippen molar-refractivity contribution in [1.29, 1.82) is 0 Å². The molecule has 4 rings (SSSR count). The Kier molecular flexibility index (Phi) is 6.32. The molecule has 4 aromatic rings. The summed E-state index contributed by atoms with van der Waals surface area (Å²) in [5, 5.41) is 0.622. The lowest BCUT2D eigenvalue weighted by molar-refractivity contribution is 0.298. The second kappa shape index (κ2) is 9.47. The fraction of sp³-hybridized carbons (Fsp3) is 0.231. The molecule has 0 saturated carbocycles. The minimum absolute atomic E-state index is 0.0367. The Morgan fingerprint density at radius 2 is 1.68 bits per heavy atom. The van der Waals surface area contributed by atoms with Gasteiger partial charge in [0.2, 0.25) is 0 Å². The first-order valence-corrected chi connectivity index (χ1v) is 10.6. The lowest BCUT2D eigenvalue weighted by Crippen LogP contribution is -2.24. The van der Waals surface area contributed by atoms with Crippen LogP contribution in [0.5, 0.6) is 11.5 Å². The van der Waals surface area contributed by atoms with Crippen LogP contribution in [0, 0.1) is 0 Å². The first-order chi connectivity index (χ1) is 15.2. The predicted octanol–water partition coefficient (Wildman–Crippen LogP) is 5.10. The molecule has 1 aromatic heterocycles. The van der Waals surface area contributed by atoms with Gasteiger partial charge in [-0.15, -0.1) is 0 Å². The van der Waals surface area contributed by atoms with Crippen molar-refractivity contribution in [1.82, 2.24) is 9.55 Å². The molecular formula is C26H26N2O3. The van der Waals surface area contributed by atoms with Crippen molar-refractivity contribution >= 4 is 10.9 Å². The molecule has 0 amide bonds. The van der Waals surface area contributed by atoms with Crippen LogP contribution in [0.1, 0.15) is 18.9 Å². The Morgan fingerprint density at radius 1 is 0.935 bits per heavy atom. The number of aryl methyl sites for hydroxylation is 1. The first-order valence-electron chi connectivity index (χ1n) is 10.6. The fourth-order valence-corrected chi connectivity index (χ4v) is 3.68. The Morgan fingerprint density at radius 3 is 2.45 bits per heavy atom. The van der Waals surface area contributed by atoms with Gasteiger partial charge in [-0.05, 0) is 60.9 Å². The third kappa shape index (κ3) is 4.45. The highest BCUT2D eigenvalue weighted by Crippen LogP contribution is 2.23. The summed E-state index contributed by atoms with van der Waals surface area (Å²) >= 11 is 0. The average Bonchev–Trinajstić information content (AvgIpc) is 2.83. The van der Waals surface area contributed by atoms with Crippen LogP contribution in [-0.4, -0.2) is 23.3 Å². The lowest BCUT2D eigenvalue weighted by atomic mass is 10.1. The van der Waals surface area contributed by atoms with Crippen molar-refractivity contribution in [3.8, 4) is 22.9 Å². The van der Waals surface area contributed by atoms with Crippen molar-refractivity contribution in [2.24, 2.45) is 0 Å².